The van der Waals surface area contributed by atoms with Crippen LogP contribution < -0.4 is 14.4 Å². The van der Waals surface area contributed by atoms with Crippen molar-refractivity contribution < 1.29 is 19.0 Å². The number of carbonyl (C=O) groups is 1. The van der Waals surface area contributed by atoms with E-state index < -0.39 is 11.9 Å². The van der Waals surface area contributed by atoms with Gasteiger partial charge in [0.15, 0.2) is 0 Å². The van der Waals surface area contributed by atoms with Crippen LogP contribution in [-0.2, 0) is 9.53 Å². The fourth-order valence-electron chi connectivity index (χ4n) is 4.39. The highest BCUT2D eigenvalue weighted by molar-refractivity contribution is 5.96. The molecule has 3 rings (SSSR count). The van der Waals surface area contributed by atoms with Gasteiger partial charge in [0.1, 0.15) is 12.4 Å². The summed E-state index contributed by atoms with van der Waals surface area (Å²) < 4.78 is 17.1. The highest BCUT2D eigenvalue weighted by Crippen LogP contribution is 2.51. The highest BCUT2D eigenvalue weighted by atomic mass is 16.5. The van der Waals surface area contributed by atoms with E-state index in [4.69, 9.17) is 19.5 Å². The number of nitrogens with zero attached hydrogens (tertiary/aromatic N) is 4. The van der Waals surface area contributed by atoms with Crippen molar-refractivity contribution >= 4 is 11.7 Å². The number of hydrogen-bond acceptors (Lipinski definition) is 8. The van der Waals surface area contributed by atoms with Crippen molar-refractivity contribution in [1.82, 2.24) is 4.98 Å². The molecule has 0 saturated carbocycles. The van der Waals surface area contributed by atoms with Gasteiger partial charge in [-0.1, -0.05) is 6.07 Å². The maximum absolute atomic E-state index is 13.4. The van der Waals surface area contributed by atoms with Crippen molar-refractivity contribution in [2.75, 3.05) is 31.8 Å². The Morgan fingerprint density at radius 1 is 1.24 bits per heavy atom. The highest BCUT2D eigenvalue weighted by Gasteiger charge is 2.41. The van der Waals surface area contributed by atoms with Crippen LogP contribution in [0.5, 0.6) is 11.6 Å². The summed E-state index contributed by atoms with van der Waals surface area (Å²) in [6, 6.07) is 9.26. The number of aryl methyl sites for hydroxylation is 1. The number of hydrogen-bond donors (Lipinski definition) is 0. The van der Waals surface area contributed by atoms with E-state index in [0.717, 1.165) is 22.5 Å². The fraction of sp³-hybridized carbons (Fsp3) is 0.385. The summed E-state index contributed by atoms with van der Waals surface area (Å²) in [5, 5.41) is 18.3. The van der Waals surface area contributed by atoms with Crippen LogP contribution in [0.1, 0.15) is 55.4 Å². The largest absolute Gasteiger partial charge is 0.496 e. The number of ether oxygens (including phenoxy) is 3. The Morgan fingerprint density at radius 3 is 2.62 bits per heavy atom. The monoisotopic (exact) mass is 460 g/mol. The molecule has 176 valence electrons. The van der Waals surface area contributed by atoms with Crippen molar-refractivity contribution in [2.45, 2.75) is 40.0 Å². The van der Waals surface area contributed by atoms with Crippen LogP contribution in [0.3, 0.4) is 0 Å². The maximum Gasteiger partial charge on any atom is 0.336 e. The molecule has 8 nitrogen and oxygen atoms in total. The van der Waals surface area contributed by atoms with Gasteiger partial charge in [-0.2, -0.15) is 10.5 Å². The average molecular weight is 461 g/mol. The van der Waals surface area contributed by atoms with E-state index in [0.29, 0.717) is 41.5 Å². The number of methoxy groups -OCH3 is 1. The molecule has 0 aliphatic carbocycles. The van der Waals surface area contributed by atoms with Gasteiger partial charge in [-0.25, -0.2) is 9.78 Å². The van der Waals surface area contributed by atoms with Gasteiger partial charge in [-0.05, 0) is 45.4 Å². The lowest BCUT2D eigenvalue weighted by atomic mass is 9.79. The first kappa shape index (κ1) is 24.6. The zero-order chi connectivity index (χ0) is 24.8. The Hall–Kier alpha value is -4.04. The minimum atomic E-state index is -0.607. The van der Waals surface area contributed by atoms with Crippen molar-refractivity contribution in [3.05, 3.63) is 57.9 Å². The molecule has 1 aliphatic heterocycles. The van der Waals surface area contributed by atoms with E-state index in [1.807, 2.05) is 33.8 Å². The van der Waals surface area contributed by atoms with Crippen LogP contribution in [-0.4, -0.2) is 37.8 Å². The first-order chi connectivity index (χ1) is 16.4. The molecule has 0 spiro atoms. The lowest BCUT2D eigenvalue weighted by molar-refractivity contribution is -0.139. The maximum atomic E-state index is 13.4. The van der Waals surface area contributed by atoms with Gasteiger partial charge in [-0.3, -0.25) is 0 Å². The summed E-state index contributed by atoms with van der Waals surface area (Å²) in [6.45, 7) is 8.75. The fourth-order valence-corrected chi connectivity index (χ4v) is 4.39. The third-order valence-corrected chi connectivity index (χ3v) is 5.81. The first-order valence-corrected chi connectivity index (χ1v) is 11.2. The Bertz CT molecular complexity index is 1210. The summed E-state index contributed by atoms with van der Waals surface area (Å²) >= 11 is 0. The quantitative estimate of drug-likeness (QED) is 0.422. The number of nitriles is 2. The van der Waals surface area contributed by atoms with Crippen molar-refractivity contribution in [3.63, 3.8) is 0 Å². The topological polar surface area (TPSA) is 108 Å². The standard InChI is InChI=1S/C26H28N4O4/c1-6-30-17(4)21(26(31)34-12-8-11-27)22(19-10-9-18(14-28)13-20(19)32-5)23-24(30)16(3)15-29-25(23)33-7-2/h9-10,13,15,22H,6-8,12H2,1-5H3. The number of pyridine rings is 1. The Balaban J connectivity index is 2.37. The van der Waals surface area contributed by atoms with Gasteiger partial charge in [0.25, 0.3) is 0 Å². The van der Waals surface area contributed by atoms with E-state index >= 15 is 0 Å². The van der Waals surface area contributed by atoms with Gasteiger partial charge in [0.05, 0.1) is 60.6 Å². The number of aromatic nitrogens is 1. The van der Waals surface area contributed by atoms with Crippen LogP contribution in [0, 0.1) is 29.6 Å². The van der Waals surface area contributed by atoms with Gasteiger partial charge in [0, 0.05) is 24.0 Å². The molecule has 0 bridgehead atoms. The molecule has 0 amide bonds. The molecule has 2 aromatic rings. The Morgan fingerprint density at radius 2 is 2.00 bits per heavy atom. The minimum Gasteiger partial charge on any atom is -0.496 e. The van der Waals surface area contributed by atoms with Crippen LogP contribution >= 0.6 is 0 Å². The lowest BCUT2D eigenvalue weighted by Gasteiger charge is -2.39. The number of esters is 1. The first-order valence-electron chi connectivity index (χ1n) is 11.2. The van der Waals surface area contributed by atoms with Crippen LogP contribution in [0.4, 0.5) is 5.69 Å². The number of anilines is 1. The number of benzene rings is 1. The minimum absolute atomic E-state index is 0.00724. The number of allylic oxidation sites excluding steroid dienone is 1. The zero-order valence-corrected chi connectivity index (χ0v) is 20.1. The average Bonchev–Trinajstić information content (AvgIpc) is 2.84. The number of rotatable bonds is 8. The molecule has 1 aromatic carbocycles. The van der Waals surface area contributed by atoms with Crippen molar-refractivity contribution in [2.24, 2.45) is 0 Å². The second kappa shape index (κ2) is 10.7. The van der Waals surface area contributed by atoms with E-state index in [9.17, 15) is 10.1 Å². The van der Waals surface area contributed by atoms with Crippen LogP contribution in [0.25, 0.3) is 0 Å². The van der Waals surface area contributed by atoms with Gasteiger partial charge in [0.2, 0.25) is 5.88 Å². The molecule has 1 aliphatic rings. The van der Waals surface area contributed by atoms with E-state index in [1.165, 1.54) is 7.11 Å². The third-order valence-electron chi connectivity index (χ3n) is 5.81. The summed E-state index contributed by atoms with van der Waals surface area (Å²) in [5.74, 6) is -0.229. The van der Waals surface area contributed by atoms with Crippen molar-refractivity contribution in [1.29, 1.82) is 10.5 Å². The smallest absolute Gasteiger partial charge is 0.336 e. The Labute approximate surface area is 200 Å². The van der Waals surface area contributed by atoms with Gasteiger partial charge < -0.3 is 19.1 Å². The van der Waals surface area contributed by atoms with Crippen LogP contribution in [0.15, 0.2) is 35.7 Å². The molecular weight excluding hydrogens is 432 g/mol. The summed E-state index contributed by atoms with van der Waals surface area (Å²) in [6.07, 6.45) is 1.87. The summed E-state index contributed by atoms with van der Waals surface area (Å²) in [7, 11) is 1.53. The third kappa shape index (κ3) is 4.40. The molecular formula is C26H28N4O4. The summed E-state index contributed by atoms with van der Waals surface area (Å²) in [4.78, 5) is 20.1. The van der Waals surface area contributed by atoms with Crippen LogP contribution in [0.2, 0.25) is 0 Å². The van der Waals surface area contributed by atoms with E-state index in [-0.39, 0.29) is 13.0 Å². The van der Waals surface area contributed by atoms with Crippen molar-refractivity contribution in [3.8, 4) is 23.8 Å². The number of fused-ring (bicyclic) bond motifs is 1. The lowest BCUT2D eigenvalue weighted by Crippen LogP contribution is -2.34. The Kier molecular flexibility index (Phi) is 7.75. The molecule has 0 radical (unpaired) electrons. The molecule has 1 aromatic heterocycles. The zero-order valence-electron chi connectivity index (χ0n) is 20.1. The van der Waals surface area contributed by atoms with Gasteiger partial charge in [-0.15, -0.1) is 0 Å². The molecule has 1 unspecified atom stereocenters. The summed E-state index contributed by atoms with van der Waals surface area (Å²) in [5.41, 5.74) is 4.90. The predicted molar refractivity (Wildman–Crippen MR) is 127 cm³/mol. The van der Waals surface area contributed by atoms with E-state index in [2.05, 4.69) is 16.0 Å². The SMILES string of the molecule is CCOc1ncc(C)c2c1C(c1ccc(C#N)cc1OC)C(C(=O)OCCC#N)=C(C)N2CC. The second-order valence-corrected chi connectivity index (χ2v) is 7.73. The normalized spacial score (nSPS) is 14.7. The van der Waals surface area contributed by atoms with Gasteiger partial charge >= 0.3 is 5.97 Å². The molecule has 1 atom stereocenters. The molecule has 0 saturated heterocycles. The molecule has 2 heterocycles. The number of carbonyl (C=O) groups excluding carboxylic acids is 1. The molecule has 34 heavy (non-hydrogen) atoms. The molecule has 0 fully saturated rings. The second-order valence-electron chi connectivity index (χ2n) is 7.73. The van der Waals surface area contributed by atoms with E-state index in [1.54, 1.807) is 24.4 Å². The predicted octanol–water partition coefficient (Wildman–Crippen LogP) is 4.37. The molecule has 0 N–H and O–H groups in total. The molecule has 8 heteroatoms.